The molecule has 1 heterocycles. The molecule has 0 unspecified atom stereocenters. The number of nitrogens with two attached hydrogens (primary N) is 1. The molecule has 7 heteroatoms. The molecule has 0 atom stereocenters. The average molecular weight is 527 g/mol. The van der Waals surface area contributed by atoms with E-state index < -0.39 is 0 Å². The van der Waals surface area contributed by atoms with E-state index >= 15 is 0 Å². The smallest absolute Gasteiger partial charge is 0.161 e. The fourth-order valence-electron chi connectivity index (χ4n) is 4.41. The second-order valence-electron chi connectivity index (χ2n) is 8.91. The van der Waals surface area contributed by atoms with Gasteiger partial charge in [-0.3, -0.25) is 0 Å². The fourth-order valence-corrected chi connectivity index (χ4v) is 4.70. The predicted molar refractivity (Wildman–Crippen MR) is 147 cm³/mol. The van der Waals surface area contributed by atoms with Crippen molar-refractivity contribution in [1.82, 2.24) is 0 Å². The molecule has 0 radical (unpaired) electrons. The lowest BCUT2D eigenvalue weighted by atomic mass is 9.96. The molecule has 1 aliphatic heterocycles. The topological polar surface area (TPSA) is 86.7 Å². The molecule has 4 aromatic rings. The van der Waals surface area contributed by atoms with E-state index in [9.17, 15) is 0 Å². The monoisotopic (exact) mass is 526 g/mol. The van der Waals surface area contributed by atoms with Gasteiger partial charge in [0, 0.05) is 12.1 Å². The highest BCUT2D eigenvalue weighted by atomic mass is 35.5. The van der Waals surface area contributed by atoms with E-state index in [0.29, 0.717) is 41.9 Å². The van der Waals surface area contributed by atoms with Gasteiger partial charge in [0.2, 0.25) is 0 Å². The van der Waals surface area contributed by atoms with Crippen LogP contribution in [0.5, 0.6) is 23.0 Å². The predicted octanol–water partition coefficient (Wildman–Crippen LogP) is 6.58. The number of benzene rings is 4. The van der Waals surface area contributed by atoms with Crippen molar-refractivity contribution < 1.29 is 18.9 Å². The molecule has 5 rings (SSSR count). The Hall–Kier alpha value is -4.18. The van der Waals surface area contributed by atoms with Crippen LogP contribution in [0.15, 0.2) is 72.8 Å². The summed E-state index contributed by atoms with van der Waals surface area (Å²) in [6.45, 7) is 4.04. The SMILES string of the molecule is Cc1c(COc2ccc(CN)c(OCc3cccc(C#N)c3)c2Cl)cccc1-c1ccc2c(c1)OCCO2. The van der Waals surface area contributed by atoms with E-state index in [-0.39, 0.29) is 13.2 Å². The Kier molecular flexibility index (Phi) is 7.69. The van der Waals surface area contributed by atoms with E-state index in [0.717, 1.165) is 44.9 Å². The number of nitrogens with zero attached hydrogens (tertiary/aromatic N) is 1. The molecule has 0 fully saturated rings. The third-order valence-corrected chi connectivity index (χ3v) is 6.84. The van der Waals surface area contributed by atoms with Crippen LogP contribution in [0.1, 0.15) is 27.8 Å². The molecule has 0 amide bonds. The van der Waals surface area contributed by atoms with Gasteiger partial charge in [-0.25, -0.2) is 0 Å². The van der Waals surface area contributed by atoms with Crippen molar-refractivity contribution >= 4 is 11.6 Å². The summed E-state index contributed by atoms with van der Waals surface area (Å²) in [5, 5.41) is 9.52. The highest BCUT2D eigenvalue weighted by molar-refractivity contribution is 6.33. The number of hydrogen-bond acceptors (Lipinski definition) is 6. The number of fused-ring (bicyclic) bond motifs is 1. The fraction of sp³-hybridized carbons (Fsp3) is 0.194. The van der Waals surface area contributed by atoms with Crippen LogP contribution in [-0.2, 0) is 19.8 Å². The maximum Gasteiger partial charge on any atom is 0.161 e. The highest BCUT2D eigenvalue weighted by Gasteiger charge is 2.17. The molecule has 0 aromatic heterocycles. The number of rotatable bonds is 8. The van der Waals surface area contributed by atoms with Crippen molar-refractivity contribution in [3.8, 4) is 40.2 Å². The summed E-state index contributed by atoms with van der Waals surface area (Å²) in [6.07, 6.45) is 0. The van der Waals surface area contributed by atoms with Crippen LogP contribution in [0.4, 0.5) is 0 Å². The number of ether oxygens (including phenoxy) is 4. The standard InChI is InChI=1S/C31H27ClN2O4/c1-20-25(6-3-7-26(20)23-8-10-27-29(15-23)36-13-12-35-27)19-37-28-11-9-24(17-34)31(30(28)32)38-18-22-5-2-4-21(14-22)16-33/h2-11,14-15H,12-13,17-19,34H2,1H3. The van der Waals surface area contributed by atoms with Gasteiger partial charge in [-0.05, 0) is 65.1 Å². The first-order chi connectivity index (χ1) is 18.6. The molecule has 1 aliphatic rings. The molecule has 2 N–H and O–H groups in total. The highest BCUT2D eigenvalue weighted by Crippen LogP contribution is 2.39. The molecule has 0 aliphatic carbocycles. The Balaban J connectivity index is 1.34. The summed E-state index contributed by atoms with van der Waals surface area (Å²) in [6, 6.07) is 25.2. The summed E-state index contributed by atoms with van der Waals surface area (Å²) < 4.78 is 23.7. The van der Waals surface area contributed by atoms with Crippen molar-refractivity contribution in [1.29, 1.82) is 5.26 Å². The average Bonchev–Trinajstić information content (AvgIpc) is 2.96. The summed E-state index contributed by atoms with van der Waals surface area (Å²) in [4.78, 5) is 0. The van der Waals surface area contributed by atoms with Crippen LogP contribution < -0.4 is 24.7 Å². The van der Waals surface area contributed by atoms with Gasteiger partial charge in [0.1, 0.15) is 42.9 Å². The summed E-state index contributed by atoms with van der Waals surface area (Å²) in [7, 11) is 0. The first kappa shape index (κ1) is 25.5. The van der Waals surface area contributed by atoms with Gasteiger partial charge in [0.25, 0.3) is 0 Å². The summed E-state index contributed by atoms with van der Waals surface area (Å²) in [5.41, 5.74) is 12.4. The molecular weight excluding hydrogens is 500 g/mol. The van der Waals surface area contributed by atoms with Crippen molar-refractivity contribution in [2.24, 2.45) is 5.73 Å². The van der Waals surface area contributed by atoms with Crippen LogP contribution in [0.25, 0.3) is 11.1 Å². The Morgan fingerprint density at radius 1 is 0.895 bits per heavy atom. The molecule has 0 saturated carbocycles. The Labute approximate surface area is 227 Å². The molecule has 38 heavy (non-hydrogen) atoms. The zero-order valence-corrected chi connectivity index (χ0v) is 21.8. The van der Waals surface area contributed by atoms with E-state index in [1.807, 2.05) is 54.6 Å². The molecule has 0 saturated heterocycles. The molecule has 0 bridgehead atoms. The van der Waals surface area contributed by atoms with E-state index in [4.69, 9.17) is 41.5 Å². The van der Waals surface area contributed by atoms with Gasteiger partial charge >= 0.3 is 0 Å². The van der Waals surface area contributed by atoms with Gasteiger partial charge in [0.15, 0.2) is 11.5 Å². The lowest BCUT2D eigenvalue weighted by molar-refractivity contribution is 0.171. The lowest BCUT2D eigenvalue weighted by Crippen LogP contribution is -2.15. The third-order valence-electron chi connectivity index (χ3n) is 6.48. The van der Waals surface area contributed by atoms with Crippen LogP contribution in [-0.4, -0.2) is 13.2 Å². The maximum atomic E-state index is 9.16. The first-order valence-electron chi connectivity index (χ1n) is 12.3. The van der Waals surface area contributed by atoms with Gasteiger partial charge in [0.05, 0.1) is 11.6 Å². The van der Waals surface area contributed by atoms with Crippen molar-refractivity contribution in [2.45, 2.75) is 26.7 Å². The van der Waals surface area contributed by atoms with Crippen molar-refractivity contribution in [2.75, 3.05) is 13.2 Å². The summed E-state index contributed by atoms with van der Waals surface area (Å²) in [5.74, 6) is 2.52. The van der Waals surface area contributed by atoms with Crippen LogP contribution in [0.3, 0.4) is 0 Å². The number of nitriles is 1. The second-order valence-corrected chi connectivity index (χ2v) is 9.29. The van der Waals surface area contributed by atoms with Crippen LogP contribution in [0.2, 0.25) is 5.02 Å². The van der Waals surface area contributed by atoms with E-state index in [1.54, 1.807) is 12.1 Å². The Morgan fingerprint density at radius 2 is 1.71 bits per heavy atom. The molecule has 6 nitrogen and oxygen atoms in total. The Morgan fingerprint density at radius 3 is 2.53 bits per heavy atom. The van der Waals surface area contributed by atoms with E-state index in [1.165, 1.54) is 0 Å². The minimum atomic E-state index is 0.252. The molecule has 4 aromatic carbocycles. The van der Waals surface area contributed by atoms with Gasteiger partial charge in [-0.2, -0.15) is 5.26 Å². The molecule has 0 spiro atoms. The van der Waals surface area contributed by atoms with Crippen molar-refractivity contribution in [3.63, 3.8) is 0 Å². The normalized spacial score (nSPS) is 12.1. The van der Waals surface area contributed by atoms with Gasteiger partial charge in [-0.1, -0.05) is 54.1 Å². The van der Waals surface area contributed by atoms with Gasteiger partial charge < -0.3 is 24.7 Å². The maximum absolute atomic E-state index is 9.16. The third kappa shape index (κ3) is 5.40. The molecule has 192 valence electrons. The van der Waals surface area contributed by atoms with Crippen LogP contribution >= 0.6 is 11.6 Å². The largest absolute Gasteiger partial charge is 0.487 e. The van der Waals surface area contributed by atoms with Crippen LogP contribution in [0, 0.1) is 18.3 Å². The Bertz CT molecular complexity index is 1510. The number of halogens is 1. The first-order valence-corrected chi connectivity index (χ1v) is 12.7. The second kappa shape index (κ2) is 11.5. The zero-order chi connectivity index (χ0) is 26.5. The van der Waals surface area contributed by atoms with E-state index in [2.05, 4.69) is 19.1 Å². The minimum absolute atomic E-state index is 0.252. The zero-order valence-electron chi connectivity index (χ0n) is 21.0. The minimum Gasteiger partial charge on any atom is -0.487 e. The quantitative estimate of drug-likeness (QED) is 0.279. The number of hydrogen-bond donors (Lipinski definition) is 1. The lowest BCUT2D eigenvalue weighted by Gasteiger charge is -2.20. The summed E-state index contributed by atoms with van der Waals surface area (Å²) >= 11 is 6.73. The van der Waals surface area contributed by atoms with Gasteiger partial charge in [-0.15, -0.1) is 0 Å². The van der Waals surface area contributed by atoms with Crippen molar-refractivity contribution in [3.05, 3.63) is 106 Å². The molecular formula is C31H27ClN2O4.